The second-order valence-electron chi connectivity index (χ2n) is 5.07. The summed E-state index contributed by atoms with van der Waals surface area (Å²) in [6.45, 7) is 4.07. The van der Waals surface area contributed by atoms with Crippen LogP contribution >= 0.6 is 22.9 Å². The van der Waals surface area contributed by atoms with Gasteiger partial charge in [-0.05, 0) is 38.3 Å². The molecular formula is C14H20ClNOS. The molecule has 0 radical (unpaired) electrons. The molecule has 0 saturated heterocycles. The number of halogens is 1. The van der Waals surface area contributed by atoms with E-state index in [9.17, 15) is 4.79 Å². The maximum absolute atomic E-state index is 12.1. The zero-order chi connectivity index (χ0) is 13.1. The van der Waals surface area contributed by atoms with Gasteiger partial charge in [-0.2, -0.15) is 0 Å². The molecule has 2 nitrogen and oxygen atoms in total. The Hall–Kier alpha value is -0.540. The van der Waals surface area contributed by atoms with Crippen molar-refractivity contribution in [1.82, 2.24) is 5.32 Å². The van der Waals surface area contributed by atoms with Crippen molar-refractivity contribution in [3.05, 3.63) is 21.4 Å². The number of aryl methyl sites for hydroxylation is 2. The fraction of sp³-hybridized carbons (Fsp3) is 0.643. The van der Waals surface area contributed by atoms with Crippen molar-refractivity contribution in [3.8, 4) is 0 Å². The molecule has 18 heavy (non-hydrogen) atoms. The van der Waals surface area contributed by atoms with Crippen molar-refractivity contribution in [2.24, 2.45) is 0 Å². The maximum atomic E-state index is 12.1. The number of hydrogen-bond acceptors (Lipinski definition) is 2. The highest BCUT2D eigenvalue weighted by Gasteiger charge is 2.24. The molecule has 1 fully saturated rings. The van der Waals surface area contributed by atoms with Crippen LogP contribution in [0.25, 0.3) is 0 Å². The van der Waals surface area contributed by atoms with E-state index in [4.69, 9.17) is 11.6 Å². The van der Waals surface area contributed by atoms with Crippen molar-refractivity contribution >= 4 is 28.8 Å². The second-order valence-corrected chi connectivity index (χ2v) is 6.97. The Balaban J connectivity index is 1.97. The summed E-state index contributed by atoms with van der Waals surface area (Å²) in [5.41, 5.74) is 0.965. The van der Waals surface area contributed by atoms with Crippen LogP contribution in [0.15, 0.2) is 6.07 Å². The molecule has 1 aliphatic rings. The first-order chi connectivity index (χ1) is 8.58. The van der Waals surface area contributed by atoms with E-state index in [1.807, 2.05) is 19.9 Å². The van der Waals surface area contributed by atoms with Crippen LogP contribution in [-0.4, -0.2) is 11.9 Å². The summed E-state index contributed by atoms with van der Waals surface area (Å²) in [6, 6.07) is 2.35. The van der Waals surface area contributed by atoms with Crippen LogP contribution in [0.1, 0.15) is 52.8 Å². The molecule has 100 valence electrons. The van der Waals surface area contributed by atoms with E-state index in [0.717, 1.165) is 23.3 Å². The topological polar surface area (TPSA) is 29.1 Å². The van der Waals surface area contributed by atoms with Gasteiger partial charge < -0.3 is 5.32 Å². The third-order valence-corrected chi connectivity index (χ3v) is 4.95. The molecule has 1 amide bonds. The lowest BCUT2D eigenvalue weighted by Gasteiger charge is -2.24. The van der Waals surface area contributed by atoms with Gasteiger partial charge in [0.15, 0.2) is 0 Å². The molecule has 0 aliphatic heterocycles. The summed E-state index contributed by atoms with van der Waals surface area (Å²) in [5, 5.41) is 2.54. The molecular weight excluding hydrogens is 266 g/mol. The molecule has 1 aromatic rings. The fourth-order valence-electron chi connectivity index (χ4n) is 2.56. The normalized spacial score (nSPS) is 18.6. The molecule has 1 N–H and O–H groups in total. The van der Waals surface area contributed by atoms with Gasteiger partial charge in [-0.1, -0.05) is 19.3 Å². The third kappa shape index (κ3) is 3.27. The minimum absolute atomic E-state index is 0.0375. The van der Waals surface area contributed by atoms with E-state index in [1.54, 1.807) is 11.3 Å². The molecule has 0 spiro atoms. The summed E-state index contributed by atoms with van der Waals surface area (Å²) in [4.78, 5) is 14.5. The summed E-state index contributed by atoms with van der Waals surface area (Å²) in [5.74, 6) is -0.0375. The first kappa shape index (κ1) is 13.9. The van der Waals surface area contributed by atoms with Crippen molar-refractivity contribution in [3.63, 3.8) is 0 Å². The smallest absolute Gasteiger partial charge is 0.242 e. The van der Waals surface area contributed by atoms with Gasteiger partial charge in [-0.25, -0.2) is 0 Å². The number of thiophene rings is 1. The molecule has 1 unspecified atom stereocenters. The van der Waals surface area contributed by atoms with Gasteiger partial charge in [0.1, 0.15) is 5.38 Å². The molecule has 1 aliphatic carbocycles. The number of amides is 1. The van der Waals surface area contributed by atoms with Crippen LogP contribution in [0.5, 0.6) is 0 Å². The van der Waals surface area contributed by atoms with Gasteiger partial charge in [-0.3, -0.25) is 4.79 Å². The van der Waals surface area contributed by atoms with Gasteiger partial charge >= 0.3 is 0 Å². The highest BCUT2D eigenvalue weighted by Crippen LogP contribution is 2.31. The van der Waals surface area contributed by atoms with Gasteiger partial charge in [0.25, 0.3) is 0 Å². The predicted molar refractivity (Wildman–Crippen MR) is 77.4 cm³/mol. The summed E-state index contributed by atoms with van der Waals surface area (Å²) < 4.78 is 0. The van der Waals surface area contributed by atoms with Gasteiger partial charge in [0.05, 0.1) is 0 Å². The lowest BCUT2D eigenvalue weighted by Crippen LogP contribution is -2.38. The molecule has 0 aromatic carbocycles. The number of nitrogens with one attached hydrogen (secondary N) is 1. The maximum Gasteiger partial charge on any atom is 0.242 e. The predicted octanol–water partition coefficient (Wildman–Crippen LogP) is 4.09. The van der Waals surface area contributed by atoms with Crippen LogP contribution < -0.4 is 5.32 Å². The van der Waals surface area contributed by atoms with Crippen LogP contribution in [0.2, 0.25) is 0 Å². The monoisotopic (exact) mass is 285 g/mol. The SMILES string of the molecule is Cc1cc(C(Cl)C(=O)NC2CCCCC2)c(C)s1. The first-order valence-electron chi connectivity index (χ1n) is 6.59. The minimum Gasteiger partial charge on any atom is -0.352 e. The summed E-state index contributed by atoms with van der Waals surface area (Å²) in [6.07, 6.45) is 5.91. The molecule has 1 aromatic heterocycles. The van der Waals surface area contributed by atoms with E-state index in [-0.39, 0.29) is 5.91 Å². The van der Waals surface area contributed by atoms with Crippen LogP contribution in [0, 0.1) is 13.8 Å². The number of hydrogen-bond donors (Lipinski definition) is 1. The van der Waals surface area contributed by atoms with Gasteiger partial charge in [-0.15, -0.1) is 22.9 Å². The Morgan fingerprint density at radius 3 is 2.61 bits per heavy atom. The summed E-state index contributed by atoms with van der Waals surface area (Å²) in [7, 11) is 0. The molecule has 1 heterocycles. The number of rotatable bonds is 3. The number of alkyl halides is 1. The average molecular weight is 286 g/mol. The van der Waals surface area contributed by atoms with Crippen molar-refractivity contribution < 1.29 is 4.79 Å². The number of carbonyl (C=O) groups excluding carboxylic acids is 1. The number of carbonyl (C=O) groups is 1. The quantitative estimate of drug-likeness (QED) is 0.833. The van der Waals surface area contributed by atoms with E-state index in [2.05, 4.69) is 5.32 Å². The molecule has 1 atom stereocenters. The van der Waals surface area contributed by atoms with E-state index >= 15 is 0 Å². The average Bonchev–Trinajstić information content (AvgIpc) is 2.68. The Morgan fingerprint density at radius 1 is 1.39 bits per heavy atom. The Labute approximate surface area is 118 Å². The second kappa shape index (κ2) is 6.07. The van der Waals surface area contributed by atoms with Gasteiger partial charge in [0.2, 0.25) is 5.91 Å². The molecule has 4 heteroatoms. The van der Waals surface area contributed by atoms with Crippen molar-refractivity contribution in [2.45, 2.75) is 57.4 Å². The van der Waals surface area contributed by atoms with Gasteiger partial charge in [0, 0.05) is 15.8 Å². The van der Waals surface area contributed by atoms with Crippen LogP contribution in [-0.2, 0) is 4.79 Å². The Bertz CT molecular complexity index is 423. The van der Waals surface area contributed by atoms with E-state index in [1.165, 1.54) is 24.1 Å². The molecule has 2 rings (SSSR count). The molecule has 0 bridgehead atoms. The van der Waals surface area contributed by atoms with Crippen molar-refractivity contribution in [2.75, 3.05) is 0 Å². The van der Waals surface area contributed by atoms with Crippen LogP contribution in [0.3, 0.4) is 0 Å². The zero-order valence-corrected chi connectivity index (χ0v) is 12.5. The highest BCUT2D eigenvalue weighted by atomic mass is 35.5. The van der Waals surface area contributed by atoms with Crippen LogP contribution in [0.4, 0.5) is 0 Å². The third-order valence-electron chi connectivity index (χ3n) is 3.53. The lowest BCUT2D eigenvalue weighted by atomic mass is 9.95. The van der Waals surface area contributed by atoms with E-state index in [0.29, 0.717) is 6.04 Å². The van der Waals surface area contributed by atoms with E-state index < -0.39 is 5.38 Å². The molecule has 1 saturated carbocycles. The lowest BCUT2D eigenvalue weighted by molar-refractivity contribution is -0.121. The Kier molecular flexibility index (Phi) is 4.68. The Morgan fingerprint density at radius 2 is 2.06 bits per heavy atom. The zero-order valence-electron chi connectivity index (χ0n) is 11.0. The minimum atomic E-state index is -0.545. The fourth-order valence-corrected chi connectivity index (χ4v) is 3.88. The summed E-state index contributed by atoms with van der Waals surface area (Å²) >= 11 is 7.99. The largest absolute Gasteiger partial charge is 0.352 e. The highest BCUT2D eigenvalue weighted by molar-refractivity contribution is 7.12. The standard InChI is InChI=1S/C14H20ClNOS/c1-9-8-12(10(2)18-9)13(15)14(17)16-11-6-4-3-5-7-11/h8,11,13H,3-7H2,1-2H3,(H,16,17). The first-order valence-corrected chi connectivity index (χ1v) is 7.84. The van der Waals surface area contributed by atoms with Crippen molar-refractivity contribution in [1.29, 1.82) is 0 Å².